The highest BCUT2D eigenvalue weighted by atomic mass is 16.2. The normalized spacial score (nSPS) is 16.9. The smallest absolute Gasteiger partial charge is 0.228 e. The van der Waals surface area contributed by atoms with Crippen molar-refractivity contribution in [3.63, 3.8) is 0 Å². The maximum Gasteiger partial charge on any atom is 0.228 e. The minimum absolute atomic E-state index is 0.00582. The molecule has 0 heterocycles. The summed E-state index contributed by atoms with van der Waals surface area (Å²) in [5, 5.41) is 3.03. The minimum Gasteiger partial charge on any atom is -0.326 e. The molecule has 1 unspecified atom stereocenters. The number of amides is 1. The number of rotatable bonds is 5. The van der Waals surface area contributed by atoms with Gasteiger partial charge in [-0.15, -0.1) is 0 Å². The second-order valence-corrected chi connectivity index (χ2v) is 8.09. The first-order valence-corrected chi connectivity index (χ1v) is 9.96. The number of Topliss-reactive ketones (excluding diaryl/α,β-unsaturated/α-hetero) is 1. The molecule has 1 amide bonds. The molecule has 0 aliphatic heterocycles. The predicted molar refractivity (Wildman–Crippen MR) is 116 cm³/mol. The second-order valence-electron chi connectivity index (χ2n) is 8.09. The van der Waals surface area contributed by atoms with Gasteiger partial charge in [0, 0.05) is 16.7 Å². The van der Waals surface area contributed by atoms with E-state index < -0.39 is 0 Å². The van der Waals surface area contributed by atoms with Crippen LogP contribution < -0.4 is 5.32 Å². The molecule has 1 fully saturated rings. The Morgan fingerprint density at radius 3 is 2.00 bits per heavy atom. The van der Waals surface area contributed by atoms with E-state index in [0.717, 1.165) is 6.42 Å². The summed E-state index contributed by atoms with van der Waals surface area (Å²) in [6.07, 6.45) is 0.776. The third-order valence-electron chi connectivity index (χ3n) is 5.88. The molecule has 3 heteroatoms. The highest BCUT2D eigenvalue weighted by Gasteiger charge is 2.60. The van der Waals surface area contributed by atoms with Gasteiger partial charge in [-0.25, -0.2) is 0 Å². The average Bonchev–Trinajstić information content (AvgIpc) is 3.45. The van der Waals surface area contributed by atoms with E-state index in [1.165, 1.54) is 29.2 Å². The van der Waals surface area contributed by atoms with Crippen LogP contribution in [0.2, 0.25) is 0 Å². The lowest BCUT2D eigenvalue weighted by molar-refractivity contribution is -0.117. The van der Waals surface area contributed by atoms with E-state index in [9.17, 15) is 9.59 Å². The Labute approximate surface area is 171 Å². The number of carbonyl (C=O) groups is 2. The van der Waals surface area contributed by atoms with Crippen molar-refractivity contribution in [1.82, 2.24) is 0 Å². The van der Waals surface area contributed by atoms with Crippen molar-refractivity contribution in [3.05, 3.63) is 101 Å². The van der Waals surface area contributed by atoms with Crippen LogP contribution in [0, 0.1) is 19.8 Å². The van der Waals surface area contributed by atoms with Gasteiger partial charge in [0.1, 0.15) is 0 Å². The predicted octanol–water partition coefficient (Wildman–Crippen LogP) is 5.45. The van der Waals surface area contributed by atoms with Gasteiger partial charge in [0.15, 0.2) is 5.78 Å². The summed E-state index contributed by atoms with van der Waals surface area (Å²) >= 11 is 0. The third-order valence-corrected chi connectivity index (χ3v) is 5.88. The second kappa shape index (κ2) is 7.32. The van der Waals surface area contributed by atoms with Crippen molar-refractivity contribution < 1.29 is 9.59 Å². The Morgan fingerprint density at radius 1 is 0.862 bits per heavy atom. The van der Waals surface area contributed by atoms with Crippen molar-refractivity contribution in [2.75, 3.05) is 5.32 Å². The number of anilines is 1. The van der Waals surface area contributed by atoms with Crippen molar-refractivity contribution >= 4 is 17.4 Å². The van der Waals surface area contributed by atoms with Gasteiger partial charge in [-0.1, -0.05) is 71.8 Å². The molecule has 0 saturated heterocycles. The molecule has 29 heavy (non-hydrogen) atoms. The van der Waals surface area contributed by atoms with E-state index in [1.807, 2.05) is 6.07 Å². The average molecular weight is 383 g/mol. The zero-order chi connectivity index (χ0) is 20.6. The molecular formula is C26H25NO2. The highest BCUT2D eigenvalue weighted by Crippen LogP contribution is 2.59. The van der Waals surface area contributed by atoms with Crippen LogP contribution in [0.1, 0.15) is 46.0 Å². The van der Waals surface area contributed by atoms with Crippen LogP contribution in [0.25, 0.3) is 0 Å². The molecule has 0 aromatic heterocycles. The summed E-state index contributed by atoms with van der Waals surface area (Å²) in [4.78, 5) is 24.8. The largest absolute Gasteiger partial charge is 0.326 e. The first kappa shape index (κ1) is 19.1. The van der Waals surface area contributed by atoms with Crippen LogP contribution in [0.15, 0.2) is 72.8 Å². The Bertz CT molecular complexity index is 1050. The van der Waals surface area contributed by atoms with Gasteiger partial charge in [0.25, 0.3) is 0 Å². The van der Waals surface area contributed by atoms with Crippen molar-refractivity contribution in [2.45, 2.75) is 32.6 Å². The molecule has 0 spiro atoms. The molecule has 1 atom stereocenters. The standard InChI is InChI=1S/C26H25NO2/c1-17-7-4-10-21(13-17)26(22-11-5-8-18(2)14-22)16-24(26)25(29)27-23-12-6-9-20(15-23)19(3)28/h4-15,24H,16H2,1-3H3,(H,27,29). The lowest BCUT2D eigenvalue weighted by atomic mass is 9.84. The quantitative estimate of drug-likeness (QED) is 0.596. The van der Waals surface area contributed by atoms with E-state index >= 15 is 0 Å². The Kier molecular flexibility index (Phi) is 4.83. The fraction of sp³-hybridized carbons (Fsp3) is 0.231. The molecular weight excluding hydrogens is 358 g/mol. The monoisotopic (exact) mass is 383 g/mol. The van der Waals surface area contributed by atoms with Gasteiger partial charge in [-0.2, -0.15) is 0 Å². The molecule has 1 saturated carbocycles. The summed E-state index contributed by atoms with van der Waals surface area (Å²) < 4.78 is 0. The van der Waals surface area contributed by atoms with Gasteiger partial charge in [-0.3, -0.25) is 9.59 Å². The van der Waals surface area contributed by atoms with Crippen LogP contribution in [-0.2, 0) is 10.2 Å². The van der Waals surface area contributed by atoms with Gasteiger partial charge < -0.3 is 5.32 Å². The fourth-order valence-corrected chi connectivity index (χ4v) is 4.27. The van der Waals surface area contributed by atoms with Crippen molar-refractivity contribution in [3.8, 4) is 0 Å². The zero-order valence-electron chi connectivity index (χ0n) is 17.0. The highest BCUT2D eigenvalue weighted by molar-refractivity contribution is 5.99. The number of ketones is 1. The van der Waals surface area contributed by atoms with Crippen LogP contribution in [-0.4, -0.2) is 11.7 Å². The van der Waals surface area contributed by atoms with Crippen molar-refractivity contribution in [1.29, 1.82) is 0 Å². The Balaban J connectivity index is 1.68. The topological polar surface area (TPSA) is 46.2 Å². The Hall–Kier alpha value is -3.20. The van der Waals surface area contributed by atoms with Crippen LogP contribution in [0.5, 0.6) is 0 Å². The number of carbonyl (C=O) groups excluding carboxylic acids is 2. The molecule has 1 N–H and O–H groups in total. The summed E-state index contributed by atoms with van der Waals surface area (Å²) in [5.41, 5.74) is 5.70. The molecule has 3 aromatic rings. The van der Waals surface area contributed by atoms with Crippen LogP contribution in [0.3, 0.4) is 0 Å². The lowest BCUT2D eigenvalue weighted by Crippen LogP contribution is -2.22. The van der Waals surface area contributed by atoms with E-state index in [0.29, 0.717) is 11.3 Å². The fourth-order valence-electron chi connectivity index (χ4n) is 4.27. The maximum absolute atomic E-state index is 13.2. The van der Waals surface area contributed by atoms with E-state index in [4.69, 9.17) is 0 Å². The summed E-state index contributed by atoms with van der Waals surface area (Å²) in [5.74, 6) is -0.165. The summed E-state index contributed by atoms with van der Waals surface area (Å²) in [6.45, 7) is 5.69. The molecule has 3 nitrogen and oxygen atoms in total. The number of hydrogen-bond acceptors (Lipinski definition) is 2. The molecule has 3 aromatic carbocycles. The lowest BCUT2D eigenvalue weighted by Gasteiger charge is -2.20. The minimum atomic E-state index is -0.305. The van der Waals surface area contributed by atoms with Crippen LogP contribution >= 0.6 is 0 Å². The molecule has 0 radical (unpaired) electrons. The molecule has 0 bridgehead atoms. The van der Waals surface area contributed by atoms with E-state index in [-0.39, 0.29) is 23.0 Å². The number of hydrogen-bond donors (Lipinski definition) is 1. The maximum atomic E-state index is 13.2. The number of aryl methyl sites for hydroxylation is 2. The van der Waals surface area contributed by atoms with Crippen molar-refractivity contribution in [2.24, 2.45) is 5.92 Å². The number of nitrogens with one attached hydrogen (secondary N) is 1. The van der Waals surface area contributed by atoms with Gasteiger partial charge in [0.05, 0.1) is 5.92 Å². The molecule has 146 valence electrons. The van der Waals surface area contributed by atoms with E-state index in [2.05, 4.69) is 67.7 Å². The van der Waals surface area contributed by atoms with Gasteiger partial charge in [-0.05, 0) is 50.5 Å². The summed E-state index contributed by atoms with van der Waals surface area (Å²) in [6, 6.07) is 24.0. The first-order valence-electron chi connectivity index (χ1n) is 9.96. The van der Waals surface area contributed by atoms with Gasteiger partial charge >= 0.3 is 0 Å². The molecule has 1 aliphatic rings. The SMILES string of the molecule is CC(=O)c1cccc(NC(=O)C2CC2(c2cccc(C)c2)c2cccc(C)c2)c1. The first-order chi connectivity index (χ1) is 13.9. The van der Waals surface area contributed by atoms with E-state index in [1.54, 1.807) is 18.2 Å². The molecule has 4 rings (SSSR count). The van der Waals surface area contributed by atoms with Gasteiger partial charge in [0.2, 0.25) is 5.91 Å². The third kappa shape index (κ3) is 3.61. The summed E-state index contributed by atoms with van der Waals surface area (Å²) in [7, 11) is 0. The Morgan fingerprint density at radius 2 is 1.45 bits per heavy atom. The number of benzene rings is 3. The van der Waals surface area contributed by atoms with Crippen LogP contribution in [0.4, 0.5) is 5.69 Å². The molecule has 1 aliphatic carbocycles. The zero-order valence-corrected chi connectivity index (χ0v) is 17.0.